The molecule has 4 fully saturated rings. The first-order valence-corrected chi connectivity index (χ1v) is 14.9. The first-order chi connectivity index (χ1) is 18.2. The van der Waals surface area contributed by atoms with Gasteiger partial charge in [0.05, 0.1) is 6.04 Å². The third-order valence-corrected chi connectivity index (χ3v) is 11.8. The molecule has 1 N–H and O–H groups in total. The van der Waals surface area contributed by atoms with Crippen LogP contribution in [-0.4, -0.2) is 29.8 Å². The Morgan fingerprint density at radius 3 is 2.13 bits per heavy atom. The lowest BCUT2D eigenvalue weighted by atomic mass is 9.44. The molecule has 3 saturated carbocycles. The van der Waals surface area contributed by atoms with Gasteiger partial charge in [0.15, 0.2) is 0 Å². The zero-order valence-electron chi connectivity index (χ0n) is 23.5. The number of rotatable bonds is 4. The highest BCUT2D eigenvalue weighted by atomic mass is 16.2. The van der Waals surface area contributed by atoms with Crippen molar-refractivity contribution in [3.05, 3.63) is 71.8 Å². The molecule has 6 rings (SSSR count). The fourth-order valence-corrected chi connectivity index (χ4v) is 9.79. The summed E-state index contributed by atoms with van der Waals surface area (Å²) in [6.07, 6.45) is 7.25. The molecule has 1 aliphatic heterocycles. The molecule has 8 atom stereocenters. The molecule has 202 valence electrons. The monoisotopic (exact) mass is 512 g/mol. The number of benzene rings is 2. The van der Waals surface area contributed by atoms with Crippen molar-refractivity contribution in [3.8, 4) is 0 Å². The van der Waals surface area contributed by atoms with E-state index in [2.05, 4.69) is 79.5 Å². The zero-order chi connectivity index (χ0) is 26.7. The Hall–Kier alpha value is -2.62. The van der Waals surface area contributed by atoms with Gasteiger partial charge in [-0.2, -0.15) is 0 Å². The van der Waals surface area contributed by atoms with Crippen LogP contribution in [0.5, 0.6) is 0 Å². The Balaban J connectivity index is 1.26. The van der Waals surface area contributed by atoms with E-state index < -0.39 is 0 Å². The quantitative estimate of drug-likeness (QED) is 0.501. The molecule has 2 aromatic rings. The molecule has 2 aromatic carbocycles. The molecule has 4 nitrogen and oxygen atoms in total. The predicted molar refractivity (Wildman–Crippen MR) is 151 cm³/mol. The van der Waals surface area contributed by atoms with Gasteiger partial charge < -0.3 is 10.2 Å². The van der Waals surface area contributed by atoms with Crippen LogP contribution in [0.2, 0.25) is 0 Å². The number of hydrogen-bond acceptors (Lipinski definition) is 2. The topological polar surface area (TPSA) is 49.4 Å². The highest BCUT2D eigenvalue weighted by molar-refractivity contribution is 5.81. The van der Waals surface area contributed by atoms with Crippen molar-refractivity contribution in [1.82, 2.24) is 10.2 Å². The molecule has 0 radical (unpaired) electrons. The van der Waals surface area contributed by atoms with E-state index >= 15 is 0 Å². The number of nitrogens with one attached hydrogen (secondary N) is 1. The summed E-state index contributed by atoms with van der Waals surface area (Å²) < 4.78 is 0. The molecule has 0 aromatic heterocycles. The molecule has 0 spiro atoms. The maximum atomic E-state index is 14.1. The summed E-state index contributed by atoms with van der Waals surface area (Å²) >= 11 is 0. The lowest BCUT2D eigenvalue weighted by Crippen LogP contribution is -2.63. The highest BCUT2D eigenvalue weighted by Crippen LogP contribution is 2.67. The average Bonchev–Trinajstić information content (AvgIpc) is 3.29. The number of likely N-dealkylation sites (tertiary alicyclic amines) is 1. The van der Waals surface area contributed by atoms with Gasteiger partial charge in [0.2, 0.25) is 11.8 Å². The van der Waals surface area contributed by atoms with E-state index in [1.54, 1.807) is 0 Å². The van der Waals surface area contributed by atoms with Crippen molar-refractivity contribution in [3.63, 3.8) is 0 Å². The minimum Gasteiger partial charge on any atom is -0.345 e. The van der Waals surface area contributed by atoms with E-state index in [0.717, 1.165) is 43.2 Å². The van der Waals surface area contributed by atoms with Gasteiger partial charge in [-0.1, -0.05) is 81.4 Å². The summed E-state index contributed by atoms with van der Waals surface area (Å²) in [6, 6.07) is 21.0. The Labute approximate surface area is 228 Å². The van der Waals surface area contributed by atoms with E-state index in [-0.39, 0.29) is 28.7 Å². The number of carbonyl (C=O) groups is 2. The molecule has 38 heavy (non-hydrogen) atoms. The van der Waals surface area contributed by atoms with Crippen LogP contribution in [0.25, 0.3) is 0 Å². The average molecular weight is 513 g/mol. The first kappa shape index (κ1) is 25.6. The van der Waals surface area contributed by atoms with E-state index in [1.807, 2.05) is 19.2 Å². The highest BCUT2D eigenvalue weighted by Gasteiger charge is 2.63. The molecular weight excluding hydrogens is 468 g/mol. The number of fused-ring (bicyclic) bond motifs is 5. The van der Waals surface area contributed by atoms with Crippen molar-refractivity contribution in [1.29, 1.82) is 0 Å². The summed E-state index contributed by atoms with van der Waals surface area (Å²) in [7, 11) is 2.04. The summed E-state index contributed by atoms with van der Waals surface area (Å²) in [6.45, 7) is 7.35. The normalized spacial score (nSPS) is 38.3. The van der Waals surface area contributed by atoms with Gasteiger partial charge >= 0.3 is 0 Å². The van der Waals surface area contributed by atoms with E-state index in [4.69, 9.17) is 0 Å². The molecule has 1 saturated heterocycles. The fourth-order valence-electron chi connectivity index (χ4n) is 9.79. The molecule has 5 unspecified atom stereocenters. The summed E-state index contributed by atoms with van der Waals surface area (Å²) in [5, 5.41) is 3.51. The smallest absolute Gasteiger partial charge is 0.224 e. The van der Waals surface area contributed by atoms with Gasteiger partial charge in [-0.05, 0) is 84.2 Å². The predicted octanol–water partition coefficient (Wildman–Crippen LogP) is 6.62. The van der Waals surface area contributed by atoms with Gasteiger partial charge in [-0.15, -0.1) is 0 Å². The minimum absolute atomic E-state index is 0.0387. The Morgan fingerprint density at radius 2 is 1.50 bits per heavy atom. The van der Waals surface area contributed by atoms with Crippen molar-refractivity contribution in [2.45, 2.75) is 77.8 Å². The van der Waals surface area contributed by atoms with Crippen molar-refractivity contribution >= 4 is 11.8 Å². The summed E-state index contributed by atoms with van der Waals surface area (Å²) in [5.41, 5.74) is 2.50. The van der Waals surface area contributed by atoms with Gasteiger partial charge in [0, 0.05) is 25.4 Å². The van der Waals surface area contributed by atoms with Crippen LogP contribution in [0, 0.1) is 40.4 Å². The van der Waals surface area contributed by atoms with Gasteiger partial charge in [-0.3, -0.25) is 9.59 Å². The van der Waals surface area contributed by atoms with Crippen LogP contribution < -0.4 is 5.32 Å². The molecule has 0 bridgehead atoms. The molecule has 2 amide bonds. The summed E-state index contributed by atoms with van der Waals surface area (Å²) in [5.74, 6) is 3.06. The second-order valence-corrected chi connectivity index (χ2v) is 13.5. The second kappa shape index (κ2) is 9.54. The van der Waals surface area contributed by atoms with Gasteiger partial charge in [-0.25, -0.2) is 0 Å². The standard InChI is InChI=1S/C34H44N2O2/c1-22-21-28-34(3,20-18-29(37)36(28)4)26-17-19-33(2)25(30(22)26)15-16-27(33)32(38)35-31(23-11-7-5-8-12-23)24-13-9-6-10-14-24/h5-14,22,25-28,30-31H,15-21H2,1-4H3,(H,35,38)/t22-,25?,26?,27?,28?,30?,33-,34+/m0/s1. The van der Waals surface area contributed by atoms with E-state index in [0.29, 0.717) is 42.0 Å². The van der Waals surface area contributed by atoms with Gasteiger partial charge in [0.25, 0.3) is 0 Å². The molecular formula is C34H44N2O2. The van der Waals surface area contributed by atoms with Crippen molar-refractivity contribution in [2.24, 2.45) is 40.4 Å². The second-order valence-electron chi connectivity index (χ2n) is 13.5. The number of carbonyl (C=O) groups excluding carboxylic acids is 2. The van der Waals surface area contributed by atoms with E-state index in [9.17, 15) is 9.59 Å². The Kier molecular flexibility index (Phi) is 6.44. The van der Waals surface area contributed by atoms with Crippen LogP contribution in [-0.2, 0) is 9.59 Å². The maximum Gasteiger partial charge on any atom is 0.224 e. The minimum atomic E-state index is -0.132. The van der Waals surface area contributed by atoms with Gasteiger partial charge in [0.1, 0.15) is 0 Å². The maximum absolute atomic E-state index is 14.1. The van der Waals surface area contributed by atoms with E-state index in [1.165, 1.54) is 6.42 Å². The SMILES string of the molecule is C[C@H]1CC2N(C)C(=O)CC[C@]2(C)C2CC[C@]3(C)C(C(=O)NC(c4ccccc4)c4ccccc4)CCC3C21. The molecule has 1 heterocycles. The fraction of sp³-hybridized carbons (Fsp3) is 0.588. The third-order valence-electron chi connectivity index (χ3n) is 11.8. The largest absolute Gasteiger partial charge is 0.345 e. The Morgan fingerprint density at radius 1 is 0.895 bits per heavy atom. The van der Waals surface area contributed by atoms with Crippen molar-refractivity contribution < 1.29 is 9.59 Å². The zero-order valence-corrected chi connectivity index (χ0v) is 23.5. The van der Waals surface area contributed by atoms with Crippen molar-refractivity contribution in [2.75, 3.05) is 7.05 Å². The third kappa shape index (κ3) is 3.93. The van der Waals surface area contributed by atoms with Crippen LogP contribution in [0.4, 0.5) is 0 Å². The Bertz CT molecular complexity index is 1140. The molecule has 4 heteroatoms. The van der Waals surface area contributed by atoms with Crippen LogP contribution in [0.1, 0.15) is 82.9 Å². The molecule has 3 aliphatic carbocycles. The number of nitrogens with zero attached hydrogens (tertiary/aromatic N) is 1. The number of amides is 2. The summed E-state index contributed by atoms with van der Waals surface area (Å²) in [4.78, 5) is 28.8. The number of hydrogen-bond donors (Lipinski definition) is 1. The first-order valence-electron chi connectivity index (χ1n) is 14.9. The lowest BCUT2D eigenvalue weighted by molar-refractivity contribution is -0.168. The lowest BCUT2D eigenvalue weighted by Gasteiger charge is -2.63. The van der Waals surface area contributed by atoms with Crippen LogP contribution >= 0.6 is 0 Å². The number of piperidine rings is 1. The van der Waals surface area contributed by atoms with Crippen LogP contribution in [0.3, 0.4) is 0 Å². The van der Waals surface area contributed by atoms with Crippen LogP contribution in [0.15, 0.2) is 60.7 Å². The molecule has 4 aliphatic rings.